The number of benzene rings is 3. The van der Waals surface area contributed by atoms with Crippen molar-refractivity contribution in [2.45, 2.75) is 39.2 Å². The van der Waals surface area contributed by atoms with Crippen LogP contribution in [0, 0.1) is 13.8 Å². The van der Waals surface area contributed by atoms with Gasteiger partial charge in [-0.25, -0.2) is 4.98 Å². The normalized spacial score (nSPS) is 15.9. The lowest BCUT2D eigenvalue weighted by Gasteiger charge is -2.18. The molecule has 2 heterocycles. The van der Waals surface area contributed by atoms with Gasteiger partial charge in [-0.2, -0.15) is 0 Å². The fourth-order valence-corrected chi connectivity index (χ4v) is 4.93. The molecular weight excluding hydrogens is 446 g/mol. The van der Waals surface area contributed by atoms with Crippen LogP contribution in [-0.2, 0) is 11.3 Å². The van der Waals surface area contributed by atoms with E-state index < -0.39 is 0 Å². The molecule has 0 spiro atoms. The van der Waals surface area contributed by atoms with E-state index in [1.54, 1.807) is 4.90 Å². The Hall–Kier alpha value is -3.31. The molecular formula is C28H28ClN3O2. The molecule has 1 saturated heterocycles. The molecule has 5 nitrogen and oxygen atoms in total. The summed E-state index contributed by atoms with van der Waals surface area (Å²) in [6.45, 7) is 6.11. The SMILES string of the molecule is Cc1ccc(C)c(OCCCn2c([C@H]3CC(=O)N(c4ccccc4Cl)C3)nc3ccccc32)c1. The summed E-state index contributed by atoms with van der Waals surface area (Å²) >= 11 is 6.39. The molecule has 1 aliphatic heterocycles. The highest BCUT2D eigenvalue weighted by atomic mass is 35.5. The second-order valence-electron chi connectivity index (χ2n) is 8.94. The molecule has 1 atom stereocenters. The first-order chi connectivity index (χ1) is 16.5. The average Bonchev–Trinajstić information content (AvgIpc) is 3.39. The number of amides is 1. The van der Waals surface area contributed by atoms with E-state index in [4.69, 9.17) is 21.3 Å². The first-order valence-corrected chi connectivity index (χ1v) is 12.1. The van der Waals surface area contributed by atoms with Gasteiger partial charge in [0.1, 0.15) is 11.6 Å². The zero-order chi connectivity index (χ0) is 23.7. The lowest BCUT2D eigenvalue weighted by molar-refractivity contribution is -0.117. The van der Waals surface area contributed by atoms with Crippen molar-refractivity contribution in [2.24, 2.45) is 0 Å². The second-order valence-corrected chi connectivity index (χ2v) is 9.35. The molecule has 0 bridgehead atoms. The van der Waals surface area contributed by atoms with Gasteiger partial charge in [0.05, 0.1) is 28.4 Å². The Balaban J connectivity index is 1.36. The van der Waals surface area contributed by atoms with E-state index in [0.29, 0.717) is 24.6 Å². The van der Waals surface area contributed by atoms with Gasteiger partial charge in [-0.15, -0.1) is 0 Å². The highest BCUT2D eigenvalue weighted by molar-refractivity contribution is 6.33. The molecule has 0 radical (unpaired) electrons. The van der Waals surface area contributed by atoms with Gasteiger partial charge in [0, 0.05) is 25.4 Å². The van der Waals surface area contributed by atoms with E-state index in [2.05, 4.69) is 42.7 Å². The lowest BCUT2D eigenvalue weighted by Crippen LogP contribution is -2.24. The molecule has 34 heavy (non-hydrogen) atoms. The summed E-state index contributed by atoms with van der Waals surface area (Å²) in [6, 6.07) is 21.9. The van der Waals surface area contributed by atoms with Crippen molar-refractivity contribution in [3.05, 3.63) is 88.7 Å². The molecule has 1 fully saturated rings. The van der Waals surface area contributed by atoms with Crippen LogP contribution in [0.3, 0.4) is 0 Å². The third-order valence-corrected chi connectivity index (χ3v) is 6.76. The number of carbonyl (C=O) groups is 1. The van der Waals surface area contributed by atoms with Crippen LogP contribution in [0.4, 0.5) is 5.69 Å². The zero-order valence-corrected chi connectivity index (χ0v) is 20.3. The predicted molar refractivity (Wildman–Crippen MR) is 137 cm³/mol. The summed E-state index contributed by atoms with van der Waals surface area (Å²) in [6.07, 6.45) is 1.27. The summed E-state index contributed by atoms with van der Waals surface area (Å²) in [5.74, 6) is 1.98. The summed E-state index contributed by atoms with van der Waals surface area (Å²) < 4.78 is 8.35. The van der Waals surface area contributed by atoms with Gasteiger partial charge < -0.3 is 14.2 Å². The van der Waals surface area contributed by atoms with Gasteiger partial charge in [-0.05, 0) is 61.7 Å². The van der Waals surface area contributed by atoms with Crippen molar-refractivity contribution in [3.63, 3.8) is 0 Å². The minimum Gasteiger partial charge on any atom is -0.493 e. The summed E-state index contributed by atoms with van der Waals surface area (Å²) in [5, 5.41) is 0.591. The van der Waals surface area contributed by atoms with Crippen molar-refractivity contribution in [1.82, 2.24) is 9.55 Å². The molecule has 1 aliphatic rings. The van der Waals surface area contributed by atoms with E-state index in [1.807, 2.05) is 42.5 Å². The maximum absolute atomic E-state index is 12.9. The number of aromatic nitrogens is 2. The second kappa shape index (κ2) is 9.51. The Morgan fingerprint density at radius 3 is 2.71 bits per heavy atom. The lowest BCUT2D eigenvalue weighted by atomic mass is 10.1. The van der Waals surface area contributed by atoms with Crippen LogP contribution in [0.1, 0.15) is 35.7 Å². The molecule has 0 N–H and O–H groups in total. The largest absolute Gasteiger partial charge is 0.493 e. The highest BCUT2D eigenvalue weighted by Crippen LogP contribution is 2.36. The molecule has 174 valence electrons. The van der Waals surface area contributed by atoms with Crippen molar-refractivity contribution in [1.29, 1.82) is 0 Å². The Morgan fingerprint density at radius 1 is 1.06 bits per heavy atom. The number of rotatable bonds is 7. The monoisotopic (exact) mass is 473 g/mol. The van der Waals surface area contributed by atoms with E-state index in [9.17, 15) is 4.79 Å². The number of ether oxygens (including phenoxy) is 1. The van der Waals surface area contributed by atoms with Crippen LogP contribution in [0.25, 0.3) is 11.0 Å². The zero-order valence-electron chi connectivity index (χ0n) is 19.5. The van der Waals surface area contributed by atoms with Crippen molar-refractivity contribution in [2.75, 3.05) is 18.1 Å². The van der Waals surface area contributed by atoms with Gasteiger partial charge in [-0.1, -0.05) is 48.0 Å². The van der Waals surface area contributed by atoms with E-state index >= 15 is 0 Å². The van der Waals surface area contributed by atoms with Gasteiger partial charge in [0.2, 0.25) is 5.91 Å². The smallest absolute Gasteiger partial charge is 0.227 e. The Bertz CT molecular complexity index is 1350. The molecule has 0 aliphatic carbocycles. The minimum atomic E-state index is 0.0103. The van der Waals surface area contributed by atoms with Crippen molar-refractivity contribution >= 4 is 34.2 Å². The van der Waals surface area contributed by atoms with Gasteiger partial charge in [-0.3, -0.25) is 4.79 Å². The number of anilines is 1. The molecule has 0 unspecified atom stereocenters. The number of para-hydroxylation sites is 3. The van der Waals surface area contributed by atoms with E-state index in [-0.39, 0.29) is 11.8 Å². The quantitative estimate of drug-likeness (QED) is 0.296. The number of nitrogens with zero attached hydrogens (tertiary/aromatic N) is 3. The molecule has 0 saturated carbocycles. The summed E-state index contributed by atoms with van der Waals surface area (Å²) in [5.41, 5.74) is 5.15. The fraction of sp³-hybridized carbons (Fsp3) is 0.286. The van der Waals surface area contributed by atoms with Crippen LogP contribution in [0.2, 0.25) is 5.02 Å². The molecule has 4 aromatic rings. The first kappa shape index (κ1) is 22.5. The van der Waals surface area contributed by atoms with Crippen LogP contribution in [0.5, 0.6) is 5.75 Å². The third kappa shape index (κ3) is 4.40. The molecule has 6 heteroatoms. The molecule has 1 aromatic heterocycles. The fourth-order valence-electron chi connectivity index (χ4n) is 4.69. The Labute approximate surface area is 204 Å². The number of fused-ring (bicyclic) bond motifs is 1. The number of hydrogen-bond donors (Lipinski definition) is 0. The number of halogens is 1. The standard InChI is InChI=1S/C28H28ClN3O2/c1-19-12-13-20(2)26(16-19)34-15-7-14-31-25-11-6-4-9-23(25)30-28(31)21-17-27(33)32(18-21)24-10-5-3-8-22(24)29/h3-6,8-13,16,21H,7,14-15,17-18H2,1-2H3/t21-/m0/s1. The third-order valence-electron chi connectivity index (χ3n) is 6.44. The summed E-state index contributed by atoms with van der Waals surface area (Å²) in [7, 11) is 0. The minimum absolute atomic E-state index is 0.0103. The van der Waals surface area contributed by atoms with Crippen LogP contribution < -0.4 is 9.64 Å². The Kier molecular flexibility index (Phi) is 6.29. The first-order valence-electron chi connectivity index (χ1n) is 11.7. The average molecular weight is 474 g/mol. The number of hydrogen-bond acceptors (Lipinski definition) is 3. The van der Waals surface area contributed by atoms with Gasteiger partial charge >= 0.3 is 0 Å². The van der Waals surface area contributed by atoms with Crippen LogP contribution in [0.15, 0.2) is 66.7 Å². The van der Waals surface area contributed by atoms with Crippen LogP contribution in [-0.4, -0.2) is 28.6 Å². The van der Waals surface area contributed by atoms with Gasteiger partial charge in [0.15, 0.2) is 0 Å². The highest BCUT2D eigenvalue weighted by Gasteiger charge is 2.35. The number of imidazole rings is 1. The number of carbonyl (C=O) groups excluding carboxylic acids is 1. The van der Waals surface area contributed by atoms with E-state index in [1.165, 1.54) is 5.56 Å². The van der Waals surface area contributed by atoms with Crippen LogP contribution >= 0.6 is 11.6 Å². The van der Waals surface area contributed by atoms with Gasteiger partial charge in [0.25, 0.3) is 0 Å². The van der Waals surface area contributed by atoms with Crippen molar-refractivity contribution in [3.8, 4) is 5.75 Å². The summed E-state index contributed by atoms with van der Waals surface area (Å²) in [4.78, 5) is 19.7. The molecule has 1 amide bonds. The van der Waals surface area contributed by atoms with E-state index in [0.717, 1.165) is 46.8 Å². The molecule has 5 rings (SSSR count). The Morgan fingerprint density at radius 2 is 1.85 bits per heavy atom. The van der Waals surface area contributed by atoms with Crippen molar-refractivity contribution < 1.29 is 9.53 Å². The topological polar surface area (TPSA) is 47.4 Å². The maximum atomic E-state index is 12.9. The predicted octanol–water partition coefficient (Wildman–Crippen LogP) is 6.30. The maximum Gasteiger partial charge on any atom is 0.227 e. The number of aryl methyl sites for hydroxylation is 3. The molecule has 3 aromatic carbocycles.